The van der Waals surface area contributed by atoms with Gasteiger partial charge in [-0.3, -0.25) is 0 Å². The highest BCUT2D eigenvalue weighted by Gasteiger charge is 2.24. The molecule has 1 heterocycles. The number of nitrogens with zero attached hydrogens (tertiary/aromatic N) is 1. The van der Waals surface area contributed by atoms with Crippen LogP contribution in [-0.2, 0) is 17.1 Å². The highest BCUT2D eigenvalue weighted by atomic mass is 32.2. The van der Waals surface area contributed by atoms with E-state index in [2.05, 4.69) is 19.1 Å². The van der Waals surface area contributed by atoms with Gasteiger partial charge in [-0.15, -0.1) is 11.8 Å². The molecule has 4 rings (SSSR count). The molecule has 0 atom stereocenters. The highest BCUT2D eigenvalue weighted by molar-refractivity contribution is 7.98. The van der Waals surface area contributed by atoms with Crippen LogP contribution in [0.15, 0.2) is 77.8 Å². The first-order valence-electron chi connectivity index (χ1n) is 10.1. The number of hydrogen-bond donors (Lipinski definition) is 0. The molecule has 4 nitrogen and oxygen atoms in total. The lowest BCUT2D eigenvalue weighted by Crippen LogP contribution is -2.10. The van der Waals surface area contributed by atoms with E-state index in [1.165, 1.54) is 36.6 Å². The van der Waals surface area contributed by atoms with Gasteiger partial charge in [0.2, 0.25) is 0 Å². The van der Waals surface area contributed by atoms with Crippen LogP contribution in [0.4, 0.5) is 4.39 Å². The summed E-state index contributed by atoms with van der Waals surface area (Å²) in [5, 5.41) is 1.23. The summed E-state index contributed by atoms with van der Waals surface area (Å²) in [6.07, 6.45) is 0. The van der Waals surface area contributed by atoms with E-state index in [0.29, 0.717) is 33.0 Å². The molecule has 4 aromatic rings. The average molecular weight is 448 g/mol. The molecule has 0 bridgehead atoms. The normalized spacial score (nSPS) is 10.8. The van der Waals surface area contributed by atoms with E-state index < -0.39 is 5.97 Å². The molecular formula is C26H22FNO3S. The van der Waals surface area contributed by atoms with Crippen LogP contribution in [0.25, 0.3) is 10.9 Å². The first-order chi connectivity index (χ1) is 15.6. The van der Waals surface area contributed by atoms with Gasteiger partial charge in [0.15, 0.2) is 0 Å². The Morgan fingerprint density at radius 2 is 1.81 bits per heavy atom. The zero-order valence-corrected chi connectivity index (χ0v) is 18.6. The zero-order valence-electron chi connectivity index (χ0n) is 17.8. The maximum absolute atomic E-state index is 13.6. The Balaban J connectivity index is 1.77. The number of ether oxygens (including phenoxy) is 2. The minimum Gasteiger partial charge on any atom is -0.487 e. The molecule has 0 N–H and O–H groups in total. The van der Waals surface area contributed by atoms with E-state index >= 15 is 0 Å². The summed E-state index contributed by atoms with van der Waals surface area (Å²) < 4.78 is 24.8. The molecule has 0 saturated heterocycles. The number of carbonyl (C=O) groups is 1. The molecule has 0 saturated carbocycles. The number of methoxy groups -OCH3 is 1. The van der Waals surface area contributed by atoms with Crippen molar-refractivity contribution in [1.82, 2.24) is 4.98 Å². The van der Waals surface area contributed by atoms with Crippen LogP contribution in [0.1, 0.15) is 27.0 Å². The minimum atomic E-state index is -0.523. The number of hydrogen-bond acceptors (Lipinski definition) is 5. The van der Waals surface area contributed by atoms with Crippen molar-refractivity contribution in [3.63, 3.8) is 0 Å². The first-order valence-corrected chi connectivity index (χ1v) is 11.1. The molecule has 0 fully saturated rings. The van der Waals surface area contributed by atoms with Crippen molar-refractivity contribution in [2.75, 3.05) is 7.11 Å². The third-order valence-corrected chi connectivity index (χ3v) is 6.12. The Bertz CT molecular complexity index is 1280. The maximum atomic E-state index is 13.6. The summed E-state index contributed by atoms with van der Waals surface area (Å²) in [7, 11) is 1.34. The first kappa shape index (κ1) is 21.8. The Morgan fingerprint density at radius 3 is 2.59 bits per heavy atom. The monoisotopic (exact) mass is 447 g/mol. The SMILES string of the molecule is COC(=O)c1c(SCc2ccccc2C)nc2ccccc2c1OCc1cccc(F)c1. The number of rotatable bonds is 7. The molecule has 0 amide bonds. The van der Waals surface area contributed by atoms with Crippen LogP contribution in [0, 0.1) is 12.7 Å². The van der Waals surface area contributed by atoms with E-state index in [0.717, 1.165) is 5.56 Å². The van der Waals surface area contributed by atoms with Crippen molar-refractivity contribution in [3.8, 4) is 5.75 Å². The largest absolute Gasteiger partial charge is 0.487 e. The number of para-hydroxylation sites is 1. The van der Waals surface area contributed by atoms with Crippen LogP contribution in [0.3, 0.4) is 0 Å². The molecule has 3 aromatic carbocycles. The van der Waals surface area contributed by atoms with E-state index in [4.69, 9.17) is 14.5 Å². The minimum absolute atomic E-state index is 0.109. The number of pyridine rings is 1. The van der Waals surface area contributed by atoms with Gasteiger partial charge in [-0.1, -0.05) is 48.5 Å². The van der Waals surface area contributed by atoms with E-state index in [-0.39, 0.29) is 18.0 Å². The number of benzene rings is 3. The Morgan fingerprint density at radius 1 is 1.03 bits per heavy atom. The zero-order chi connectivity index (χ0) is 22.5. The predicted molar refractivity (Wildman–Crippen MR) is 125 cm³/mol. The second-order valence-electron chi connectivity index (χ2n) is 7.26. The number of fused-ring (bicyclic) bond motifs is 1. The molecule has 1 aromatic heterocycles. The number of esters is 1. The summed E-state index contributed by atoms with van der Waals surface area (Å²) in [6.45, 7) is 2.16. The Labute approximate surface area is 190 Å². The van der Waals surface area contributed by atoms with Gasteiger partial charge >= 0.3 is 5.97 Å². The molecule has 32 heavy (non-hydrogen) atoms. The Kier molecular flexibility index (Phi) is 6.71. The van der Waals surface area contributed by atoms with E-state index in [1.807, 2.05) is 36.4 Å². The van der Waals surface area contributed by atoms with Gasteiger partial charge in [0.25, 0.3) is 0 Å². The topological polar surface area (TPSA) is 48.4 Å². The highest BCUT2D eigenvalue weighted by Crippen LogP contribution is 2.37. The van der Waals surface area contributed by atoms with Gasteiger partial charge in [-0.2, -0.15) is 0 Å². The molecule has 0 aliphatic carbocycles. The molecule has 0 aliphatic rings. The summed E-state index contributed by atoms with van der Waals surface area (Å²) >= 11 is 1.46. The molecule has 0 unspecified atom stereocenters. The van der Waals surface area contributed by atoms with Gasteiger partial charge < -0.3 is 9.47 Å². The fourth-order valence-corrected chi connectivity index (χ4v) is 4.50. The van der Waals surface area contributed by atoms with Crippen molar-refractivity contribution >= 4 is 28.6 Å². The average Bonchev–Trinajstić information content (AvgIpc) is 2.81. The molecule has 0 spiro atoms. The third kappa shape index (κ3) is 4.75. The van der Waals surface area contributed by atoms with E-state index in [1.54, 1.807) is 12.1 Å². The fourth-order valence-electron chi connectivity index (χ4n) is 3.40. The van der Waals surface area contributed by atoms with Crippen molar-refractivity contribution in [3.05, 3.63) is 101 Å². The second kappa shape index (κ2) is 9.83. The van der Waals surface area contributed by atoms with Gasteiger partial charge in [0.1, 0.15) is 28.8 Å². The quantitative estimate of drug-likeness (QED) is 0.244. The standard InChI is InChI=1S/C26H22FNO3S/c1-17-8-3-4-10-19(17)16-32-25-23(26(29)30-2)24(21-12-5-6-13-22(21)28-25)31-15-18-9-7-11-20(27)14-18/h3-14H,15-16H2,1-2H3. The third-order valence-electron chi connectivity index (χ3n) is 5.10. The van der Waals surface area contributed by atoms with Gasteiger partial charge in [0.05, 0.1) is 12.6 Å². The second-order valence-corrected chi connectivity index (χ2v) is 8.23. The number of aryl methyl sites for hydroxylation is 1. The number of carbonyl (C=O) groups excluding carboxylic acids is 1. The van der Waals surface area contributed by atoms with Crippen LogP contribution < -0.4 is 4.74 Å². The number of thioether (sulfide) groups is 1. The van der Waals surface area contributed by atoms with Gasteiger partial charge in [-0.25, -0.2) is 14.2 Å². The summed E-state index contributed by atoms with van der Waals surface area (Å²) in [6, 6.07) is 21.8. The van der Waals surface area contributed by atoms with Crippen LogP contribution in [0.5, 0.6) is 5.75 Å². The smallest absolute Gasteiger partial charge is 0.344 e. The van der Waals surface area contributed by atoms with E-state index in [9.17, 15) is 9.18 Å². The number of aromatic nitrogens is 1. The predicted octanol–water partition coefficient (Wildman–Crippen LogP) is 6.34. The fraction of sp³-hybridized carbons (Fsp3) is 0.154. The summed E-state index contributed by atoms with van der Waals surface area (Å²) in [5.74, 6) is 0.169. The van der Waals surface area contributed by atoms with Gasteiger partial charge in [0, 0.05) is 11.1 Å². The maximum Gasteiger partial charge on any atom is 0.344 e. The van der Waals surface area contributed by atoms with Crippen molar-refractivity contribution < 1.29 is 18.7 Å². The lowest BCUT2D eigenvalue weighted by Gasteiger charge is -2.16. The van der Waals surface area contributed by atoms with Crippen LogP contribution in [0.2, 0.25) is 0 Å². The van der Waals surface area contributed by atoms with Crippen molar-refractivity contribution in [2.24, 2.45) is 0 Å². The molecular weight excluding hydrogens is 425 g/mol. The lowest BCUT2D eigenvalue weighted by molar-refractivity contribution is 0.0590. The van der Waals surface area contributed by atoms with Crippen LogP contribution in [-0.4, -0.2) is 18.1 Å². The lowest BCUT2D eigenvalue weighted by atomic mass is 10.1. The molecule has 0 aliphatic heterocycles. The van der Waals surface area contributed by atoms with Crippen molar-refractivity contribution in [1.29, 1.82) is 0 Å². The molecule has 162 valence electrons. The molecule has 6 heteroatoms. The molecule has 0 radical (unpaired) electrons. The van der Waals surface area contributed by atoms with Crippen molar-refractivity contribution in [2.45, 2.75) is 24.3 Å². The summed E-state index contributed by atoms with van der Waals surface area (Å²) in [5.41, 5.74) is 3.98. The Hall–Kier alpha value is -3.38. The van der Waals surface area contributed by atoms with Crippen LogP contribution >= 0.6 is 11.8 Å². The van der Waals surface area contributed by atoms with Gasteiger partial charge in [-0.05, 0) is 47.9 Å². The summed E-state index contributed by atoms with van der Waals surface area (Å²) in [4.78, 5) is 17.6. The number of halogens is 1.